The highest BCUT2D eigenvalue weighted by Gasteiger charge is 2.45. The molecule has 6 nitrogen and oxygen atoms in total. The van der Waals surface area contributed by atoms with E-state index in [2.05, 4.69) is 37.6 Å². The van der Waals surface area contributed by atoms with Gasteiger partial charge >= 0.3 is 5.97 Å². The Labute approximate surface area is 235 Å². The maximum Gasteiger partial charge on any atom is 0.309 e. The summed E-state index contributed by atoms with van der Waals surface area (Å²) in [5.41, 5.74) is 2.05. The van der Waals surface area contributed by atoms with Crippen molar-refractivity contribution in [2.75, 3.05) is 0 Å². The molecule has 0 fully saturated rings. The van der Waals surface area contributed by atoms with Gasteiger partial charge in [0.2, 0.25) is 0 Å². The predicted molar refractivity (Wildman–Crippen MR) is 159 cm³/mol. The van der Waals surface area contributed by atoms with Crippen molar-refractivity contribution >= 4 is 37.5 Å². The van der Waals surface area contributed by atoms with Crippen LogP contribution in [-0.2, 0) is 18.8 Å². The van der Waals surface area contributed by atoms with Crippen molar-refractivity contribution in [1.82, 2.24) is 4.98 Å². The Morgan fingerprint density at radius 3 is 2.47 bits per heavy atom. The molecule has 2 heterocycles. The first kappa shape index (κ1) is 32.6. The number of aryl methyl sites for hydroxylation is 1. The molecule has 2 rings (SSSR count). The maximum atomic E-state index is 13.7. The highest BCUT2D eigenvalue weighted by Crippen LogP contribution is 2.35. The fourth-order valence-electron chi connectivity index (χ4n) is 5.01. The summed E-state index contributed by atoms with van der Waals surface area (Å²) in [6.45, 7) is 19.7. The minimum atomic E-state index is -2.12. The number of rotatable bonds is 4. The topological polar surface area (TPSA) is 85.7 Å². The van der Waals surface area contributed by atoms with Crippen LogP contribution in [0.3, 0.4) is 0 Å². The maximum absolute atomic E-state index is 13.7. The van der Waals surface area contributed by atoms with E-state index >= 15 is 0 Å². The van der Waals surface area contributed by atoms with E-state index in [1.807, 2.05) is 46.1 Å². The van der Waals surface area contributed by atoms with Crippen LogP contribution in [0.15, 0.2) is 22.6 Å². The lowest BCUT2D eigenvalue weighted by Gasteiger charge is -2.39. The molecular weight excluding hydrogens is 514 g/mol. The number of esters is 1. The van der Waals surface area contributed by atoms with Gasteiger partial charge < -0.3 is 14.3 Å². The number of hydrogen-bond acceptors (Lipinski definition) is 7. The molecule has 0 spiro atoms. The normalized spacial score (nSPS) is 29.1. The van der Waals surface area contributed by atoms with E-state index in [1.54, 1.807) is 18.3 Å². The van der Waals surface area contributed by atoms with Crippen LogP contribution in [0.1, 0.15) is 84.3 Å². The number of nitrogens with zero attached hydrogens (tertiary/aromatic N) is 1. The summed E-state index contributed by atoms with van der Waals surface area (Å²) in [5, 5.41) is 14.0. The van der Waals surface area contributed by atoms with Gasteiger partial charge in [-0.1, -0.05) is 39.3 Å². The number of aromatic nitrogens is 1. The number of Topliss-reactive ketones (excluding diaryl/α,β-unsaturated/α-hetero) is 1. The smallest absolute Gasteiger partial charge is 0.309 e. The van der Waals surface area contributed by atoms with Gasteiger partial charge in [-0.3, -0.25) is 9.59 Å². The van der Waals surface area contributed by atoms with Gasteiger partial charge in [0.05, 0.1) is 29.3 Å². The number of allylic oxidation sites excluding steroid dienone is 1. The second-order valence-corrected chi connectivity index (χ2v) is 18.1. The van der Waals surface area contributed by atoms with Gasteiger partial charge in [-0.05, 0) is 77.2 Å². The van der Waals surface area contributed by atoms with Crippen molar-refractivity contribution in [1.29, 1.82) is 0 Å². The fourth-order valence-corrected chi connectivity index (χ4v) is 6.81. The van der Waals surface area contributed by atoms with Crippen LogP contribution in [0.2, 0.25) is 19.6 Å². The summed E-state index contributed by atoms with van der Waals surface area (Å²) in [4.78, 5) is 31.7. The molecule has 5 atom stereocenters. The van der Waals surface area contributed by atoms with E-state index in [1.165, 1.54) is 5.57 Å². The Balaban J connectivity index is 2.46. The highest BCUT2D eigenvalue weighted by molar-refractivity contribution is 7.09. The van der Waals surface area contributed by atoms with Crippen molar-refractivity contribution in [3.63, 3.8) is 0 Å². The zero-order valence-corrected chi connectivity index (χ0v) is 26.9. The standard InChI is InChI=1S/C30H49NO5SSi/c1-19-12-11-13-20(2)28(33)22(4)29(34)30(6,7)26(36-38(8,9)10)17-27(32)35-25(15-14-19)21(3)16-24-18-37-23(5)31-24/h14,16,18,20,22,25-26,28,33H,11-13,15,17H2,1-10H3/t20-,22-,25?,26+,28+/m1/s1. The van der Waals surface area contributed by atoms with E-state index in [0.717, 1.165) is 35.5 Å². The van der Waals surface area contributed by atoms with E-state index in [4.69, 9.17) is 9.16 Å². The summed E-state index contributed by atoms with van der Waals surface area (Å²) in [7, 11) is -2.12. The van der Waals surface area contributed by atoms with Gasteiger partial charge in [0, 0.05) is 23.1 Å². The number of carbonyl (C=O) groups is 2. The molecule has 0 bridgehead atoms. The van der Waals surface area contributed by atoms with Gasteiger partial charge in [0.1, 0.15) is 11.9 Å². The van der Waals surface area contributed by atoms with Gasteiger partial charge in [0.15, 0.2) is 8.32 Å². The molecule has 0 saturated carbocycles. The second-order valence-electron chi connectivity index (χ2n) is 12.6. The molecule has 8 heteroatoms. The molecule has 214 valence electrons. The van der Waals surface area contributed by atoms with Crippen LogP contribution in [-0.4, -0.2) is 48.5 Å². The van der Waals surface area contributed by atoms with Gasteiger partial charge in [-0.2, -0.15) is 0 Å². The molecule has 1 N–H and O–H groups in total. The first-order valence-electron chi connectivity index (χ1n) is 13.9. The summed E-state index contributed by atoms with van der Waals surface area (Å²) in [6, 6.07) is 0. The summed E-state index contributed by atoms with van der Waals surface area (Å²) < 4.78 is 12.5. The lowest BCUT2D eigenvalue weighted by molar-refractivity contribution is -0.153. The summed E-state index contributed by atoms with van der Waals surface area (Å²) >= 11 is 1.59. The Kier molecular flexibility index (Phi) is 11.7. The third-order valence-corrected chi connectivity index (χ3v) is 9.28. The highest BCUT2D eigenvalue weighted by atomic mass is 32.1. The SMILES string of the molecule is CC1=CCC(C(C)=Cc2csc(C)n2)OC(=O)C[C@H](O[Si](C)(C)C)C(C)(C)C(=O)[C@H](C)[C@@H](O)[C@H](C)CCC1. The quantitative estimate of drug-likeness (QED) is 0.238. The lowest BCUT2D eigenvalue weighted by Crippen LogP contribution is -2.49. The molecule has 38 heavy (non-hydrogen) atoms. The Morgan fingerprint density at radius 1 is 1.24 bits per heavy atom. The van der Waals surface area contributed by atoms with Crippen molar-refractivity contribution in [2.24, 2.45) is 17.3 Å². The molecule has 1 aliphatic heterocycles. The predicted octanol–water partition coefficient (Wildman–Crippen LogP) is 7.13. The number of carbonyl (C=O) groups excluding carboxylic acids is 2. The van der Waals surface area contributed by atoms with Crippen molar-refractivity contribution in [2.45, 2.75) is 119 Å². The summed E-state index contributed by atoms with van der Waals surface area (Å²) in [6.07, 6.45) is 5.51. The average Bonchev–Trinajstić information content (AvgIpc) is 3.22. The Bertz CT molecular complexity index is 1020. The lowest BCUT2D eigenvalue weighted by atomic mass is 9.73. The van der Waals surface area contributed by atoms with Gasteiger partial charge in [-0.15, -0.1) is 11.3 Å². The summed E-state index contributed by atoms with van der Waals surface area (Å²) in [5.74, 6) is -1.04. The van der Waals surface area contributed by atoms with Crippen molar-refractivity contribution < 1.29 is 23.9 Å². The zero-order chi connectivity index (χ0) is 28.8. The monoisotopic (exact) mass is 563 g/mol. The Morgan fingerprint density at radius 2 is 1.89 bits per heavy atom. The molecule has 0 aromatic carbocycles. The number of hydrogen-bond donors (Lipinski definition) is 1. The molecule has 0 saturated heterocycles. The number of aliphatic hydroxyl groups excluding tert-OH is 1. The third kappa shape index (κ3) is 9.54. The van der Waals surface area contributed by atoms with Crippen LogP contribution in [0, 0.1) is 24.2 Å². The number of thiazole rings is 1. The van der Waals surface area contributed by atoms with Gasteiger partial charge in [-0.25, -0.2) is 4.98 Å². The number of aliphatic hydroxyl groups is 1. The Hall–Kier alpha value is -1.61. The number of ether oxygens (including phenoxy) is 1. The van der Waals surface area contributed by atoms with Crippen LogP contribution in [0.4, 0.5) is 0 Å². The van der Waals surface area contributed by atoms with E-state index < -0.39 is 38.0 Å². The fraction of sp³-hybridized carbons (Fsp3) is 0.700. The van der Waals surface area contributed by atoms with E-state index in [0.29, 0.717) is 6.42 Å². The van der Waals surface area contributed by atoms with Crippen LogP contribution in [0.25, 0.3) is 6.08 Å². The minimum absolute atomic E-state index is 0.00808. The molecule has 0 aliphatic carbocycles. The zero-order valence-electron chi connectivity index (χ0n) is 25.1. The van der Waals surface area contributed by atoms with Crippen LogP contribution >= 0.6 is 11.3 Å². The second kappa shape index (κ2) is 13.6. The minimum Gasteiger partial charge on any atom is -0.457 e. The molecule has 0 radical (unpaired) electrons. The molecule has 0 amide bonds. The molecular formula is C30H49NO5SSi. The van der Waals surface area contributed by atoms with Crippen molar-refractivity contribution in [3.05, 3.63) is 33.3 Å². The van der Waals surface area contributed by atoms with E-state index in [9.17, 15) is 14.7 Å². The first-order chi connectivity index (χ1) is 17.5. The number of ketones is 1. The van der Waals surface area contributed by atoms with Crippen molar-refractivity contribution in [3.8, 4) is 0 Å². The molecule has 1 aromatic rings. The van der Waals surface area contributed by atoms with E-state index in [-0.39, 0.29) is 24.1 Å². The number of cyclic esters (lactones) is 1. The van der Waals surface area contributed by atoms with Crippen LogP contribution < -0.4 is 0 Å². The first-order valence-corrected chi connectivity index (χ1v) is 18.2. The van der Waals surface area contributed by atoms with Gasteiger partial charge in [0.25, 0.3) is 0 Å². The molecule has 1 aromatic heterocycles. The molecule has 1 unspecified atom stereocenters. The molecule has 1 aliphatic rings. The average molecular weight is 564 g/mol. The largest absolute Gasteiger partial charge is 0.457 e. The third-order valence-electron chi connectivity index (χ3n) is 7.50. The van der Waals surface area contributed by atoms with Crippen LogP contribution in [0.5, 0.6) is 0 Å².